The van der Waals surface area contributed by atoms with Gasteiger partial charge in [0.05, 0.1) is 16.1 Å². The highest BCUT2D eigenvalue weighted by molar-refractivity contribution is 7.89. The monoisotopic (exact) mass is 477 g/mol. The Hall–Kier alpha value is -3.49. The molecule has 1 aromatic heterocycles. The molecule has 0 atom stereocenters. The molecule has 1 heterocycles. The van der Waals surface area contributed by atoms with Crippen LogP contribution < -0.4 is 5.32 Å². The molecule has 0 aliphatic rings. The number of sulfonamides is 1. The second-order valence-corrected chi connectivity index (χ2v) is 9.85. The largest absolute Gasteiger partial charge is 0.436 e. The minimum Gasteiger partial charge on any atom is -0.436 e. The van der Waals surface area contributed by atoms with Crippen LogP contribution in [0.1, 0.15) is 37.0 Å². The van der Waals surface area contributed by atoms with Crippen LogP contribution in [0.2, 0.25) is 0 Å². The molecule has 4 rings (SSSR count). The van der Waals surface area contributed by atoms with Gasteiger partial charge in [0.25, 0.3) is 5.91 Å². The summed E-state index contributed by atoms with van der Waals surface area (Å²) < 4.78 is 33.3. The molecular weight excluding hydrogens is 450 g/mol. The van der Waals surface area contributed by atoms with Gasteiger partial charge in [0.2, 0.25) is 15.9 Å². The van der Waals surface area contributed by atoms with Gasteiger partial charge in [-0.15, -0.1) is 0 Å². The fraction of sp³-hybridized carbons (Fsp3) is 0.231. The summed E-state index contributed by atoms with van der Waals surface area (Å²) in [7, 11) is -3.60. The number of rotatable bonds is 9. The number of anilines is 1. The van der Waals surface area contributed by atoms with Gasteiger partial charge < -0.3 is 9.73 Å². The summed E-state index contributed by atoms with van der Waals surface area (Å²) in [5.41, 5.74) is 2.95. The van der Waals surface area contributed by atoms with Crippen molar-refractivity contribution >= 4 is 32.7 Å². The Labute approximate surface area is 199 Å². The fourth-order valence-electron chi connectivity index (χ4n) is 3.74. The number of nitrogens with zero attached hydrogens (tertiary/aromatic N) is 2. The van der Waals surface area contributed by atoms with Crippen molar-refractivity contribution in [2.75, 3.05) is 18.4 Å². The van der Waals surface area contributed by atoms with E-state index < -0.39 is 10.0 Å². The topological polar surface area (TPSA) is 92.5 Å². The van der Waals surface area contributed by atoms with E-state index in [1.807, 2.05) is 56.3 Å². The third kappa shape index (κ3) is 4.88. The molecular formula is C26H27N3O4S. The van der Waals surface area contributed by atoms with Crippen LogP contribution >= 0.6 is 0 Å². The first kappa shape index (κ1) is 23.7. The van der Waals surface area contributed by atoms with Crippen LogP contribution in [0.5, 0.6) is 0 Å². The summed E-state index contributed by atoms with van der Waals surface area (Å²) in [5, 5.41) is 2.89. The molecule has 8 heteroatoms. The predicted molar refractivity (Wildman–Crippen MR) is 133 cm³/mol. The van der Waals surface area contributed by atoms with E-state index in [4.69, 9.17) is 4.42 Å². The lowest BCUT2D eigenvalue weighted by molar-refractivity contribution is 0.102. The molecule has 3 aromatic carbocycles. The van der Waals surface area contributed by atoms with Gasteiger partial charge >= 0.3 is 0 Å². The maximum absolute atomic E-state index is 13.0. The fourth-order valence-corrected chi connectivity index (χ4v) is 5.36. The van der Waals surface area contributed by atoms with Gasteiger partial charge in [-0.1, -0.05) is 38.1 Å². The second kappa shape index (κ2) is 10.2. The van der Waals surface area contributed by atoms with Crippen LogP contribution in [0.15, 0.2) is 82.1 Å². The SMILES string of the molecule is CCCN(CCC)S(=O)(=O)c1ccc(C(=O)Nc2ccccc2-c2nc3ccccc3o2)cc1. The van der Waals surface area contributed by atoms with Crippen molar-refractivity contribution in [3.8, 4) is 11.5 Å². The van der Waals surface area contributed by atoms with Crippen molar-refractivity contribution in [1.82, 2.24) is 9.29 Å². The van der Waals surface area contributed by atoms with Crippen molar-refractivity contribution in [2.45, 2.75) is 31.6 Å². The lowest BCUT2D eigenvalue weighted by atomic mass is 10.1. The van der Waals surface area contributed by atoms with Crippen LogP contribution in [-0.2, 0) is 10.0 Å². The normalized spacial score (nSPS) is 11.7. The van der Waals surface area contributed by atoms with Gasteiger partial charge in [-0.25, -0.2) is 13.4 Å². The molecule has 1 N–H and O–H groups in total. The van der Waals surface area contributed by atoms with E-state index >= 15 is 0 Å². The number of oxazole rings is 1. The molecule has 0 bridgehead atoms. The van der Waals surface area contributed by atoms with E-state index in [9.17, 15) is 13.2 Å². The number of fused-ring (bicyclic) bond motifs is 1. The molecule has 0 saturated carbocycles. The molecule has 4 aromatic rings. The Balaban J connectivity index is 1.56. The van der Waals surface area contributed by atoms with Crippen molar-refractivity contribution < 1.29 is 17.6 Å². The second-order valence-electron chi connectivity index (χ2n) is 7.91. The maximum Gasteiger partial charge on any atom is 0.255 e. The molecule has 0 radical (unpaired) electrons. The Morgan fingerprint density at radius 3 is 2.24 bits per heavy atom. The van der Waals surface area contributed by atoms with Gasteiger partial charge in [0.1, 0.15) is 5.52 Å². The Morgan fingerprint density at radius 1 is 0.912 bits per heavy atom. The molecule has 0 spiro atoms. The molecule has 34 heavy (non-hydrogen) atoms. The summed E-state index contributed by atoms with van der Waals surface area (Å²) >= 11 is 0. The van der Waals surface area contributed by atoms with Crippen molar-refractivity contribution in [2.24, 2.45) is 0 Å². The number of amides is 1. The smallest absolute Gasteiger partial charge is 0.255 e. The van der Waals surface area contributed by atoms with E-state index in [0.717, 1.165) is 18.4 Å². The van der Waals surface area contributed by atoms with Gasteiger partial charge in [0.15, 0.2) is 5.58 Å². The number of nitrogens with one attached hydrogen (secondary N) is 1. The highest BCUT2D eigenvalue weighted by atomic mass is 32.2. The standard InChI is InChI=1S/C26H27N3O4S/c1-3-17-29(18-4-2)34(31,32)20-15-13-19(14-16-20)25(30)27-22-10-6-5-9-21(22)26-28-23-11-7-8-12-24(23)33-26/h5-16H,3-4,17-18H2,1-2H3,(H,27,30). The van der Waals surface area contributed by atoms with E-state index in [2.05, 4.69) is 10.3 Å². The molecule has 1 amide bonds. The first-order valence-corrected chi connectivity index (χ1v) is 12.7. The van der Waals surface area contributed by atoms with Gasteiger partial charge in [0, 0.05) is 18.7 Å². The number of aromatic nitrogens is 1. The van der Waals surface area contributed by atoms with Crippen LogP contribution in [-0.4, -0.2) is 36.7 Å². The molecule has 0 saturated heterocycles. The number of hydrogen-bond acceptors (Lipinski definition) is 5. The number of carbonyl (C=O) groups is 1. The average molecular weight is 478 g/mol. The summed E-state index contributed by atoms with van der Waals surface area (Å²) in [6.07, 6.45) is 1.47. The first-order valence-electron chi connectivity index (χ1n) is 11.3. The highest BCUT2D eigenvalue weighted by Gasteiger charge is 2.23. The van der Waals surface area contributed by atoms with Gasteiger partial charge in [-0.2, -0.15) is 4.31 Å². The minimum absolute atomic E-state index is 0.179. The Kier molecular flexibility index (Phi) is 7.09. The van der Waals surface area contributed by atoms with E-state index in [1.54, 1.807) is 6.07 Å². The van der Waals surface area contributed by atoms with Crippen molar-refractivity contribution in [3.05, 3.63) is 78.4 Å². The molecule has 176 valence electrons. The zero-order chi connectivity index (χ0) is 24.1. The quantitative estimate of drug-likeness (QED) is 0.341. The maximum atomic E-state index is 13.0. The van der Waals surface area contributed by atoms with Crippen molar-refractivity contribution in [1.29, 1.82) is 0 Å². The Morgan fingerprint density at radius 2 is 1.56 bits per heavy atom. The van der Waals surface area contributed by atoms with Crippen LogP contribution in [0.25, 0.3) is 22.6 Å². The van der Waals surface area contributed by atoms with Crippen molar-refractivity contribution in [3.63, 3.8) is 0 Å². The van der Waals surface area contributed by atoms with Crippen LogP contribution in [0.4, 0.5) is 5.69 Å². The first-order chi connectivity index (χ1) is 16.4. The number of benzene rings is 3. The molecule has 0 aliphatic heterocycles. The number of carbonyl (C=O) groups excluding carboxylic acids is 1. The zero-order valence-corrected chi connectivity index (χ0v) is 20.0. The molecule has 0 aliphatic carbocycles. The third-order valence-electron chi connectivity index (χ3n) is 5.40. The molecule has 0 unspecified atom stereocenters. The van der Waals surface area contributed by atoms with Crippen LogP contribution in [0, 0.1) is 0 Å². The number of para-hydroxylation sites is 3. The van der Waals surface area contributed by atoms with Gasteiger partial charge in [-0.05, 0) is 61.4 Å². The summed E-state index contributed by atoms with van der Waals surface area (Å²) in [6.45, 7) is 4.82. The average Bonchev–Trinajstić information content (AvgIpc) is 3.28. The number of hydrogen-bond donors (Lipinski definition) is 1. The minimum atomic E-state index is -3.60. The molecule has 7 nitrogen and oxygen atoms in total. The Bertz CT molecular complexity index is 1360. The summed E-state index contributed by atoms with van der Waals surface area (Å²) in [4.78, 5) is 17.6. The predicted octanol–water partition coefficient (Wildman–Crippen LogP) is 5.56. The van der Waals surface area contributed by atoms with Crippen LogP contribution in [0.3, 0.4) is 0 Å². The summed E-state index contributed by atoms with van der Waals surface area (Å²) in [5.74, 6) is 0.0527. The molecule has 0 fully saturated rings. The lowest BCUT2D eigenvalue weighted by Crippen LogP contribution is -2.32. The zero-order valence-electron chi connectivity index (χ0n) is 19.2. The van der Waals surface area contributed by atoms with E-state index in [1.165, 1.54) is 28.6 Å². The third-order valence-corrected chi connectivity index (χ3v) is 7.31. The summed E-state index contributed by atoms with van der Waals surface area (Å²) in [6, 6.07) is 20.7. The van der Waals surface area contributed by atoms with E-state index in [-0.39, 0.29) is 10.8 Å². The lowest BCUT2D eigenvalue weighted by Gasteiger charge is -2.21. The van der Waals surface area contributed by atoms with E-state index in [0.29, 0.717) is 41.4 Å². The highest BCUT2D eigenvalue weighted by Crippen LogP contribution is 2.30. The van der Waals surface area contributed by atoms with Gasteiger partial charge in [-0.3, -0.25) is 4.79 Å².